The molecule has 0 saturated carbocycles. The third-order valence-electron chi connectivity index (χ3n) is 5.12. The molecule has 2 aromatic rings. The van der Waals surface area contributed by atoms with Gasteiger partial charge in [0.15, 0.2) is 0 Å². The van der Waals surface area contributed by atoms with E-state index in [2.05, 4.69) is 20.8 Å². The topological polar surface area (TPSA) is 211 Å². The number of β-lactam (4-membered cyclic amide) rings is 1. The summed E-state index contributed by atoms with van der Waals surface area (Å²) in [6.07, 6.45) is 0. The number of thioether (sulfide) groups is 2. The first-order valence-corrected chi connectivity index (χ1v) is 14.4. The molecule has 18 heteroatoms. The fourth-order valence-electron chi connectivity index (χ4n) is 3.43. The van der Waals surface area contributed by atoms with Crippen molar-refractivity contribution in [3.05, 3.63) is 33.7 Å². The van der Waals surface area contributed by atoms with Crippen molar-refractivity contribution in [3.8, 4) is 0 Å². The molecule has 2 unspecified atom stereocenters. The summed E-state index contributed by atoms with van der Waals surface area (Å²) in [5, 5.41) is 24.8. The first-order chi connectivity index (χ1) is 16.6. The van der Waals surface area contributed by atoms with Gasteiger partial charge in [-0.15, -0.1) is 28.2 Å². The zero-order valence-corrected chi connectivity index (χ0v) is 20.9. The van der Waals surface area contributed by atoms with Crippen LogP contribution < -0.4 is 11.1 Å². The third kappa shape index (κ3) is 5.51. The Hall–Kier alpha value is -2.51. The Labute approximate surface area is 211 Å². The molecule has 0 radical (unpaired) electrons. The Balaban J connectivity index is 1.43. The highest BCUT2D eigenvalue weighted by Crippen LogP contribution is 2.41. The number of carboxylic acids is 1. The number of aryl methyl sites for hydroxylation is 1. The van der Waals surface area contributed by atoms with E-state index >= 15 is 0 Å². The number of hydrogen-bond donors (Lipinski definition) is 4. The number of nitrogens with two attached hydrogens (primary N) is 1. The summed E-state index contributed by atoms with van der Waals surface area (Å²) < 4.78 is 32.0. The van der Waals surface area contributed by atoms with Crippen molar-refractivity contribution >= 4 is 62.8 Å². The van der Waals surface area contributed by atoms with Gasteiger partial charge in [0.05, 0.1) is 12.3 Å². The summed E-state index contributed by atoms with van der Waals surface area (Å²) in [6.45, 7) is -0.185. The van der Waals surface area contributed by atoms with E-state index in [1.54, 1.807) is 17.5 Å². The number of amides is 2. The Kier molecular flexibility index (Phi) is 7.48. The monoisotopic (exact) mass is 561 g/mol. The van der Waals surface area contributed by atoms with E-state index in [1.165, 1.54) is 27.8 Å². The maximum absolute atomic E-state index is 12.8. The first kappa shape index (κ1) is 25.6. The number of aliphatic carboxylic acids is 1. The average Bonchev–Trinajstić information content (AvgIpc) is 3.50. The fourth-order valence-corrected chi connectivity index (χ4v) is 6.95. The van der Waals surface area contributed by atoms with Crippen molar-refractivity contribution < 1.29 is 32.5 Å². The van der Waals surface area contributed by atoms with E-state index in [4.69, 9.17) is 10.3 Å². The number of carboxylic acid groups (broad SMARTS) is 1. The zero-order chi connectivity index (χ0) is 25.3. The van der Waals surface area contributed by atoms with Crippen LogP contribution in [0.25, 0.3) is 0 Å². The zero-order valence-electron chi connectivity index (χ0n) is 17.7. The van der Waals surface area contributed by atoms with Gasteiger partial charge in [0.25, 0.3) is 16.0 Å². The highest BCUT2D eigenvalue weighted by molar-refractivity contribution is 8.01. The predicted octanol–water partition coefficient (Wildman–Crippen LogP) is -0.847. The predicted molar refractivity (Wildman–Crippen MR) is 126 cm³/mol. The number of aromatic nitrogens is 4. The van der Waals surface area contributed by atoms with E-state index in [0.29, 0.717) is 10.5 Å². The van der Waals surface area contributed by atoms with Gasteiger partial charge in [-0.3, -0.25) is 19.0 Å². The van der Waals surface area contributed by atoms with Gasteiger partial charge >= 0.3 is 5.97 Å². The number of thiophene rings is 1. The van der Waals surface area contributed by atoms with Gasteiger partial charge in [-0.25, -0.2) is 9.48 Å². The van der Waals surface area contributed by atoms with Crippen molar-refractivity contribution in [2.24, 2.45) is 5.73 Å². The van der Waals surface area contributed by atoms with Crippen molar-refractivity contribution in [2.45, 2.75) is 29.2 Å². The van der Waals surface area contributed by atoms with Crippen molar-refractivity contribution in [2.75, 3.05) is 17.3 Å². The molecule has 14 nitrogen and oxygen atoms in total. The summed E-state index contributed by atoms with van der Waals surface area (Å²) in [5.74, 6) is -2.55. The van der Waals surface area contributed by atoms with Crippen LogP contribution >= 0.6 is 34.9 Å². The summed E-state index contributed by atoms with van der Waals surface area (Å²) in [7, 11) is -4.21. The Morgan fingerprint density at radius 2 is 2.17 bits per heavy atom. The summed E-state index contributed by atoms with van der Waals surface area (Å²) >= 11 is 3.69. The number of hydrogen-bond acceptors (Lipinski definition) is 12. The lowest BCUT2D eigenvalue weighted by molar-refractivity contribution is -0.150. The van der Waals surface area contributed by atoms with Gasteiger partial charge in [0, 0.05) is 16.4 Å². The first-order valence-electron chi connectivity index (χ1n) is 9.90. The summed E-state index contributed by atoms with van der Waals surface area (Å²) in [6, 6.07) is 1.65. The molecule has 1 saturated heterocycles. The van der Waals surface area contributed by atoms with Crippen LogP contribution in [0.2, 0.25) is 0 Å². The minimum absolute atomic E-state index is 0.123. The largest absolute Gasteiger partial charge is 0.477 e. The molecule has 35 heavy (non-hydrogen) atoms. The molecule has 4 rings (SSSR count). The van der Waals surface area contributed by atoms with Gasteiger partial charge in [-0.05, 0) is 27.4 Å². The standard InChI is InChI=1S/C17H19N7O7S4/c18-10(9-2-1-4-32-9)13(25)19-11-14(26)24-12(16(27)28)8(6-33-15(11)24)7-34-17-20-21-22-23(17)3-5-35(29,30)31/h1-2,4,10-11,15H,3,5-7,18H2,(H,19,25)(H,27,28)(H,29,30,31)/t10?,11?,15-/m1/s1. The molecule has 0 aliphatic carbocycles. The lowest BCUT2D eigenvalue weighted by Gasteiger charge is -2.49. The molecule has 2 amide bonds. The Morgan fingerprint density at radius 1 is 1.40 bits per heavy atom. The second kappa shape index (κ2) is 10.2. The minimum atomic E-state index is -4.21. The molecule has 1 fully saturated rings. The second-order valence-electron chi connectivity index (χ2n) is 7.41. The molecule has 2 aromatic heterocycles. The quantitative estimate of drug-likeness (QED) is 0.158. The molecule has 2 aliphatic rings. The van der Waals surface area contributed by atoms with Crippen LogP contribution in [0.4, 0.5) is 0 Å². The molecule has 188 valence electrons. The average molecular weight is 562 g/mol. The number of rotatable bonds is 10. The molecule has 2 aliphatic heterocycles. The molecule has 5 N–H and O–H groups in total. The number of carbonyl (C=O) groups is 3. The third-order valence-corrected chi connectivity index (χ3v) is 9.15. The van der Waals surface area contributed by atoms with Crippen molar-refractivity contribution in [1.29, 1.82) is 0 Å². The Bertz CT molecular complexity index is 1280. The van der Waals surface area contributed by atoms with Crippen LogP contribution in [0.3, 0.4) is 0 Å². The lowest BCUT2D eigenvalue weighted by atomic mass is 10.0. The fraction of sp³-hybridized carbons (Fsp3) is 0.412. The minimum Gasteiger partial charge on any atom is -0.477 e. The van der Waals surface area contributed by atoms with E-state index in [9.17, 15) is 27.9 Å². The van der Waals surface area contributed by atoms with Gasteiger partial charge in [0.2, 0.25) is 11.1 Å². The van der Waals surface area contributed by atoms with E-state index < -0.39 is 51.1 Å². The second-order valence-corrected chi connectivity index (χ2v) is 12.0. The van der Waals surface area contributed by atoms with Crippen LogP contribution in [-0.2, 0) is 31.0 Å². The van der Waals surface area contributed by atoms with Crippen LogP contribution in [0, 0.1) is 0 Å². The number of fused-ring (bicyclic) bond motifs is 1. The SMILES string of the molecule is NC(C(=O)NC1C(=O)N2C(C(=O)O)=C(CSc3nnnn3CCS(=O)(=O)O)CS[C@H]12)c1cccs1. The molecular formula is C17H19N7O7S4. The maximum Gasteiger partial charge on any atom is 0.352 e. The van der Waals surface area contributed by atoms with Gasteiger partial charge in [-0.2, -0.15) is 8.42 Å². The van der Waals surface area contributed by atoms with E-state index in [-0.39, 0.29) is 28.9 Å². The lowest BCUT2D eigenvalue weighted by Crippen LogP contribution is -2.71. The molecular weight excluding hydrogens is 542 g/mol. The van der Waals surface area contributed by atoms with Gasteiger partial charge < -0.3 is 16.2 Å². The van der Waals surface area contributed by atoms with E-state index in [1.807, 2.05) is 0 Å². The van der Waals surface area contributed by atoms with Crippen LogP contribution in [0.15, 0.2) is 33.9 Å². The Morgan fingerprint density at radius 3 is 2.83 bits per heavy atom. The van der Waals surface area contributed by atoms with Crippen molar-refractivity contribution in [3.63, 3.8) is 0 Å². The number of nitrogens with one attached hydrogen (secondary N) is 1. The number of nitrogens with zero attached hydrogens (tertiary/aromatic N) is 5. The normalized spacial score (nSPS) is 20.9. The van der Waals surface area contributed by atoms with Crippen LogP contribution in [0.1, 0.15) is 10.9 Å². The van der Waals surface area contributed by atoms with E-state index in [0.717, 1.165) is 16.7 Å². The number of tetrazole rings is 1. The number of carbonyl (C=O) groups excluding carboxylic acids is 2. The highest BCUT2D eigenvalue weighted by Gasteiger charge is 2.54. The summed E-state index contributed by atoms with van der Waals surface area (Å²) in [4.78, 5) is 39.1. The summed E-state index contributed by atoms with van der Waals surface area (Å²) in [5.41, 5.74) is 6.24. The molecule has 4 heterocycles. The van der Waals surface area contributed by atoms with Crippen LogP contribution in [-0.4, -0.2) is 89.6 Å². The molecule has 0 bridgehead atoms. The van der Waals surface area contributed by atoms with Crippen LogP contribution in [0.5, 0.6) is 0 Å². The van der Waals surface area contributed by atoms with Gasteiger partial charge in [0.1, 0.15) is 23.2 Å². The maximum atomic E-state index is 12.8. The molecule has 3 atom stereocenters. The highest BCUT2D eigenvalue weighted by atomic mass is 32.2. The smallest absolute Gasteiger partial charge is 0.352 e. The van der Waals surface area contributed by atoms with Gasteiger partial charge in [-0.1, -0.05) is 17.8 Å². The molecule has 0 spiro atoms. The van der Waals surface area contributed by atoms with Crippen molar-refractivity contribution in [1.82, 2.24) is 30.4 Å². The molecule has 0 aromatic carbocycles.